The van der Waals surface area contributed by atoms with Gasteiger partial charge < -0.3 is 9.52 Å². The van der Waals surface area contributed by atoms with E-state index in [0.717, 1.165) is 10.4 Å². The van der Waals surface area contributed by atoms with Crippen molar-refractivity contribution in [3.63, 3.8) is 0 Å². The minimum Gasteiger partial charge on any atom is -0.447 e. The van der Waals surface area contributed by atoms with Gasteiger partial charge in [0.1, 0.15) is 11.9 Å². The van der Waals surface area contributed by atoms with Crippen LogP contribution in [-0.4, -0.2) is 5.11 Å². The molecule has 0 spiro atoms. The molecule has 0 aliphatic rings. The number of rotatable bonds is 2. The number of aliphatic hydroxyl groups is 1. The van der Waals surface area contributed by atoms with Crippen LogP contribution in [0, 0.1) is 13.8 Å². The monoisotopic (exact) mass is 242 g/mol. The van der Waals surface area contributed by atoms with Gasteiger partial charge in [-0.25, -0.2) is 0 Å². The normalized spacial score (nSPS) is 13.1. The van der Waals surface area contributed by atoms with E-state index < -0.39 is 6.10 Å². The lowest BCUT2D eigenvalue weighted by atomic mass is 10.1. The zero-order chi connectivity index (χ0) is 11.0. The average molecular weight is 243 g/mol. The minimum atomic E-state index is -0.712. The molecule has 1 atom stereocenters. The van der Waals surface area contributed by atoms with Gasteiger partial charge in [-0.1, -0.05) is 0 Å². The zero-order valence-electron chi connectivity index (χ0n) is 8.45. The number of halogens is 1. The van der Waals surface area contributed by atoms with Gasteiger partial charge in [-0.05, 0) is 49.2 Å². The van der Waals surface area contributed by atoms with Crippen LogP contribution in [0.4, 0.5) is 0 Å². The van der Waals surface area contributed by atoms with Crippen LogP contribution in [-0.2, 0) is 0 Å². The predicted molar refractivity (Wildman–Crippen MR) is 61.6 cm³/mol. The first kappa shape index (κ1) is 10.7. The molecule has 15 heavy (non-hydrogen) atoms. The molecule has 80 valence electrons. The van der Waals surface area contributed by atoms with E-state index in [9.17, 15) is 5.11 Å². The Labute approximate surface area is 97.1 Å². The first-order chi connectivity index (χ1) is 7.08. The quantitative estimate of drug-likeness (QED) is 0.871. The third kappa shape index (κ3) is 2.09. The van der Waals surface area contributed by atoms with E-state index in [4.69, 9.17) is 16.0 Å². The largest absolute Gasteiger partial charge is 0.447 e. The molecule has 0 saturated carbocycles. The highest BCUT2D eigenvalue weighted by atomic mass is 35.5. The van der Waals surface area contributed by atoms with Crippen LogP contribution in [0.1, 0.15) is 27.2 Å². The summed E-state index contributed by atoms with van der Waals surface area (Å²) < 4.78 is 5.19. The maximum absolute atomic E-state index is 10.1. The second-order valence-electron chi connectivity index (χ2n) is 3.45. The molecule has 2 rings (SSSR count). The van der Waals surface area contributed by atoms with E-state index in [1.807, 2.05) is 19.9 Å². The van der Waals surface area contributed by atoms with Gasteiger partial charge >= 0.3 is 0 Å². The van der Waals surface area contributed by atoms with Crippen LogP contribution in [0.5, 0.6) is 0 Å². The molecule has 4 heteroatoms. The van der Waals surface area contributed by atoms with Gasteiger partial charge in [-0.15, -0.1) is 11.3 Å². The first-order valence-electron chi connectivity index (χ1n) is 4.58. The Hall–Kier alpha value is -0.770. The van der Waals surface area contributed by atoms with Crippen molar-refractivity contribution in [2.24, 2.45) is 0 Å². The summed E-state index contributed by atoms with van der Waals surface area (Å²) in [5.41, 5.74) is 1.08. The molecule has 0 amide bonds. The van der Waals surface area contributed by atoms with E-state index in [-0.39, 0.29) is 0 Å². The topological polar surface area (TPSA) is 33.4 Å². The number of furan rings is 1. The van der Waals surface area contributed by atoms with Crippen molar-refractivity contribution in [1.82, 2.24) is 0 Å². The van der Waals surface area contributed by atoms with Crippen molar-refractivity contribution in [1.29, 1.82) is 0 Å². The minimum absolute atomic E-state index is 0.301. The molecule has 1 N–H and O–H groups in total. The smallest absolute Gasteiger partial charge is 0.193 e. The first-order valence-corrected chi connectivity index (χ1v) is 5.77. The fraction of sp³-hybridized carbons (Fsp3) is 0.273. The molecular weight excluding hydrogens is 232 g/mol. The fourth-order valence-corrected chi connectivity index (χ4v) is 2.72. The summed E-state index contributed by atoms with van der Waals surface area (Å²) in [5.74, 6) is 0.491. The van der Waals surface area contributed by atoms with E-state index >= 15 is 0 Å². The highest BCUT2D eigenvalue weighted by molar-refractivity contribution is 7.12. The summed E-state index contributed by atoms with van der Waals surface area (Å²) in [6.07, 6.45) is -0.712. The van der Waals surface area contributed by atoms with E-state index in [1.54, 1.807) is 23.5 Å². The lowest BCUT2D eigenvalue weighted by molar-refractivity contribution is 0.192. The molecule has 0 radical (unpaired) electrons. The van der Waals surface area contributed by atoms with E-state index in [2.05, 4.69) is 0 Å². The van der Waals surface area contributed by atoms with Crippen molar-refractivity contribution < 1.29 is 9.52 Å². The average Bonchev–Trinajstić information content (AvgIpc) is 2.71. The Kier molecular flexibility index (Phi) is 2.87. The second-order valence-corrected chi connectivity index (χ2v) is 5.11. The molecule has 0 saturated heterocycles. The highest BCUT2D eigenvalue weighted by Gasteiger charge is 2.18. The Morgan fingerprint density at radius 1 is 1.40 bits per heavy atom. The fourth-order valence-electron chi connectivity index (χ4n) is 1.54. The molecule has 0 fully saturated rings. The molecule has 0 bridgehead atoms. The van der Waals surface area contributed by atoms with Crippen LogP contribution in [0.2, 0.25) is 5.22 Å². The van der Waals surface area contributed by atoms with Crippen molar-refractivity contribution in [2.45, 2.75) is 20.0 Å². The molecule has 0 aliphatic heterocycles. The number of aliphatic hydroxyl groups excluding tert-OH is 1. The summed E-state index contributed by atoms with van der Waals surface area (Å²) in [6, 6.07) is 5.38. The summed E-state index contributed by atoms with van der Waals surface area (Å²) in [6.45, 7) is 4.00. The SMILES string of the molecule is Cc1cc(C)c(C(O)c2ccc(Cl)o2)s1. The van der Waals surface area contributed by atoms with Crippen LogP contribution < -0.4 is 0 Å². The van der Waals surface area contributed by atoms with Gasteiger partial charge in [0, 0.05) is 9.75 Å². The summed E-state index contributed by atoms with van der Waals surface area (Å²) in [4.78, 5) is 2.10. The molecule has 0 aliphatic carbocycles. The molecule has 2 heterocycles. The van der Waals surface area contributed by atoms with Crippen molar-refractivity contribution in [3.8, 4) is 0 Å². The lowest BCUT2D eigenvalue weighted by Crippen LogP contribution is -1.96. The van der Waals surface area contributed by atoms with Gasteiger partial charge in [0.05, 0.1) is 0 Å². The second kappa shape index (κ2) is 4.00. The van der Waals surface area contributed by atoms with Gasteiger partial charge in [0.15, 0.2) is 5.22 Å². The van der Waals surface area contributed by atoms with Crippen molar-refractivity contribution >= 4 is 22.9 Å². The maximum atomic E-state index is 10.1. The molecular formula is C11H11ClO2S. The summed E-state index contributed by atoms with van der Waals surface area (Å²) >= 11 is 7.24. The Morgan fingerprint density at radius 2 is 2.13 bits per heavy atom. The Balaban J connectivity index is 2.35. The molecule has 1 unspecified atom stereocenters. The van der Waals surface area contributed by atoms with Crippen LogP contribution >= 0.6 is 22.9 Å². The van der Waals surface area contributed by atoms with Gasteiger partial charge in [0.2, 0.25) is 0 Å². The maximum Gasteiger partial charge on any atom is 0.193 e. The van der Waals surface area contributed by atoms with Gasteiger partial charge in [0.25, 0.3) is 0 Å². The molecule has 2 aromatic heterocycles. The Bertz CT molecular complexity index is 473. The number of hydrogen-bond acceptors (Lipinski definition) is 3. The van der Waals surface area contributed by atoms with Gasteiger partial charge in [-0.2, -0.15) is 0 Å². The Morgan fingerprint density at radius 3 is 2.60 bits per heavy atom. The summed E-state index contributed by atoms with van der Waals surface area (Å²) in [5, 5.41) is 10.4. The third-order valence-electron chi connectivity index (χ3n) is 2.19. The number of thiophene rings is 1. The highest BCUT2D eigenvalue weighted by Crippen LogP contribution is 2.33. The lowest BCUT2D eigenvalue weighted by Gasteiger charge is -2.06. The van der Waals surface area contributed by atoms with E-state index in [1.165, 1.54) is 4.88 Å². The molecule has 2 nitrogen and oxygen atoms in total. The zero-order valence-corrected chi connectivity index (χ0v) is 10.0. The standard InChI is InChI=1S/C11H11ClO2S/c1-6-5-7(2)15-11(6)10(13)8-3-4-9(12)14-8/h3-5,10,13H,1-2H3. The van der Waals surface area contributed by atoms with Crippen LogP contribution in [0.3, 0.4) is 0 Å². The third-order valence-corrected chi connectivity index (χ3v) is 3.60. The van der Waals surface area contributed by atoms with Gasteiger partial charge in [-0.3, -0.25) is 0 Å². The van der Waals surface area contributed by atoms with Crippen LogP contribution in [0.15, 0.2) is 22.6 Å². The summed E-state index contributed by atoms with van der Waals surface area (Å²) in [7, 11) is 0. The predicted octanol–water partition coefficient (Wildman–Crippen LogP) is 3.69. The molecule has 2 aromatic rings. The number of hydrogen-bond donors (Lipinski definition) is 1. The van der Waals surface area contributed by atoms with Crippen LogP contribution in [0.25, 0.3) is 0 Å². The number of aryl methyl sites for hydroxylation is 2. The van der Waals surface area contributed by atoms with E-state index in [0.29, 0.717) is 11.0 Å². The molecule has 0 aromatic carbocycles. The van der Waals surface area contributed by atoms with Crippen molar-refractivity contribution in [3.05, 3.63) is 44.5 Å². The van der Waals surface area contributed by atoms with Crippen molar-refractivity contribution in [2.75, 3.05) is 0 Å².